The van der Waals surface area contributed by atoms with E-state index in [0.717, 1.165) is 11.1 Å². The lowest BCUT2D eigenvalue weighted by Gasteiger charge is -2.12. The molecule has 2 N–H and O–H groups in total. The van der Waals surface area contributed by atoms with Gasteiger partial charge in [-0.1, -0.05) is 17.7 Å². The molecule has 0 aliphatic carbocycles. The zero-order valence-corrected chi connectivity index (χ0v) is 12.9. The Morgan fingerprint density at radius 3 is 2.43 bits per heavy atom. The predicted molar refractivity (Wildman–Crippen MR) is 83.0 cm³/mol. The first-order chi connectivity index (χ1) is 9.99. The highest BCUT2D eigenvalue weighted by Crippen LogP contribution is 2.32. The van der Waals surface area contributed by atoms with Gasteiger partial charge in [-0.3, -0.25) is 4.72 Å². The third-order valence-corrected chi connectivity index (χ3v) is 3.63. The molecule has 21 heavy (non-hydrogen) atoms. The van der Waals surface area contributed by atoms with Crippen LogP contribution in [0.5, 0.6) is 17.2 Å². The molecule has 0 spiro atoms. The van der Waals surface area contributed by atoms with Crippen molar-refractivity contribution in [1.82, 2.24) is 0 Å². The lowest BCUT2D eigenvalue weighted by Crippen LogP contribution is -2.11. The lowest BCUT2D eigenvalue weighted by atomic mass is 10.2. The van der Waals surface area contributed by atoms with Crippen LogP contribution in [0.15, 0.2) is 36.4 Å². The number of hydrogen-bond acceptors (Lipinski definition) is 4. The molecule has 1 atom stereocenters. The summed E-state index contributed by atoms with van der Waals surface area (Å²) in [5, 5.41) is 9.85. The Kier molecular flexibility index (Phi) is 4.70. The van der Waals surface area contributed by atoms with Crippen LogP contribution in [-0.2, 0) is 11.3 Å². The van der Waals surface area contributed by atoms with Gasteiger partial charge in [0.05, 0.1) is 12.8 Å². The van der Waals surface area contributed by atoms with Crippen molar-refractivity contribution < 1.29 is 18.2 Å². The summed E-state index contributed by atoms with van der Waals surface area (Å²) in [5.74, 6) is 1.04. The molecular weight excluding hydrogens is 290 g/mol. The first-order valence-corrected chi connectivity index (χ1v) is 7.38. The van der Waals surface area contributed by atoms with Gasteiger partial charge in [0.2, 0.25) is 0 Å². The molecule has 2 rings (SSSR count). The summed E-state index contributed by atoms with van der Waals surface area (Å²) in [5.41, 5.74) is 2.15. The molecule has 1 unspecified atom stereocenters. The summed E-state index contributed by atoms with van der Waals surface area (Å²) < 4.78 is 24.9. The zero-order valence-electron chi connectivity index (χ0n) is 12.0. The van der Waals surface area contributed by atoms with Crippen LogP contribution in [-0.4, -0.2) is 16.4 Å². The molecule has 0 heterocycles. The molecule has 0 amide bonds. The van der Waals surface area contributed by atoms with Gasteiger partial charge in [0.15, 0.2) is 0 Å². The molecule has 2 aromatic rings. The van der Waals surface area contributed by atoms with Crippen molar-refractivity contribution in [3.05, 3.63) is 47.5 Å². The summed E-state index contributed by atoms with van der Waals surface area (Å²) in [6.07, 6.45) is 0. The van der Waals surface area contributed by atoms with Crippen LogP contribution in [0.3, 0.4) is 0 Å². The molecule has 0 saturated carbocycles. The minimum Gasteiger partial charge on any atom is -0.506 e. The lowest BCUT2D eigenvalue weighted by molar-refractivity contribution is 0.409. The van der Waals surface area contributed by atoms with Gasteiger partial charge in [0, 0.05) is 6.07 Å². The number of hydrogen-bond donors (Lipinski definition) is 2. The van der Waals surface area contributed by atoms with Gasteiger partial charge < -0.3 is 14.0 Å². The van der Waals surface area contributed by atoms with Crippen molar-refractivity contribution in [3.8, 4) is 17.2 Å². The highest BCUT2D eigenvalue weighted by atomic mass is 32.2. The molecule has 0 saturated heterocycles. The number of anilines is 1. The van der Waals surface area contributed by atoms with Crippen LogP contribution < -0.4 is 13.6 Å². The monoisotopic (exact) mass is 307 g/mol. The fourth-order valence-corrected chi connectivity index (χ4v) is 2.44. The Hall–Kier alpha value is -2.21. The average molecular weight is 307 g/mol. The molecule has 0 aliphatic heterocycles. The van der Waals surface area contributed by atoms with Gasteiger partial charge in [-0.25, -0.2) is 0 Å². The fraction of sp³-hybridized carbons (Fsp3) is 0.200. The van der Waals surface area contributed by atoms with Gasteiger partial charge in [0.25, 0.3) is 0 Å². The van der Waals surface area contributed by atoms with Crippen LogP contribution in [0.1, 0.15) is 11.1 Å². The van der Waals surface area contributed by atoms with Crippen LogP contribution in [0.25, 0.3) is 0 Å². The Morgan fingerprint density at radius 2 is 1.81 bits per heavy atom. The van der Waals surface area contributed by atoms with Crippen molar-refractivity contribution in [2.24, 2.45) is 0 Å². The summed E-state index contributed by atoms with van der Waals surface area (Å²) in [7, 11) is 1.53. The van der Waals surface area contributed by atoms with Crippen molar-refractivity contribution in [2.75, 3.05) is 11.8 Å². The SMILES string of the molecule is COc1cc(NS(=O)Oc2ccc(C)cc2)c(O)cc1C. The first kappa shape index (κ1) is 15.2. The van der Waals surface area contributed by atoms with E-state index in [9.17, 15) is 9.32 Å². The van der Waals surface area contributed by atoms with Crippen LogP contribution >= 0.6 is 0 Å². The zero-order chi connectivity index (χ0) is 15.4. The molecule has 0 fully saturated rings. The van der Waals surface area contributed by atoms with Crippen molar-refractivity contribution in [2.45, 2.75) is 13.8 Å². The van der Waals surface area contributed by atoms with E-state index in [2.05, 4.69) is 4.72 Å². The summed E-state index contributed by atoms with van der Waals surface area (Å²) >= 11 is -1.82. The Labute approximate surface area is 126 Å². The fourth-order valence-electron chi connectivity index (χ4n) is 1.77. The van der Waals surface area contributed by atoms with E-state index in [4.69, 9.17) is 8.92 Å². The van der Waals surface area contributed by atoms with E-state index < -0.39 is 11.3 Å². The largest absolute Gasteiger partial charge is 0.506 e. The second-order valence-corrected chi connectivity index (χ2v) is 5.41. The van der Waals surface area contributed by atoms with Crippen LogP contribution in [0.2, 0.25) is 0 Å². The third kappa shape index (κ3) is 3.88. The van der Waals surface area contributed by atoms with Crippen molar-refractivity contribution in [1.29, 1.82) is 0 Å². The predicted octanol–water partition coefficient (Wildman–Crippen LogP) is 3.09. The maximum Gasteiger partial charge on any atom is 0.316 e. The Balaban J connectivity index is 2.10. The molecule has 5 nitrogen and oxygen atoms in total. The van der Waals surface area contributed by atoms with Crippen LogP contribution in [0.4, 0.5) is 5.69 Å². The standard InChI is InChI=1S/C15H17NO4S/c1-10-4-6-12(7-5-10)20-21(18)16-13-9-15(19-3)11(2)8-14(13)17/h4-9,16-17H,1-3H3. The number of phenolic OH excluding ortho intramolecular Hbond substituents is 1. The number of aryl methyl sites for hydroxylation is 2. The average Bonchev–Trinajstić information content (AvgIpc) is 2.44. The molecule has 6 heteroatoms. The van der Waals surface area contributed by atoms with Crippen molar-refractivity contribution in [3.63, 3.8) is 0 Å². The smallest absolute Gasteiger partial charge is 0.316 e. The second kappa shape index (κ2) is 6.49. The van der Waals surface area contributed by atoms with Gasteiger partial charge in [0.1, 0.15) is 17.2 Å². The molecule has 2 aromatic carbocycles. The van der Waals surface area contributed by atoms with Gasteiger partial charge in [-0.05, 0) is 37.6 Å². The minimum absolute atomic E-state index is 0.0193. The number of methoxy groups -OCH3 is 1. The number of ether oxygens (including phenoxy) is 1. The summed E-state index contributed by atoms with van der Waals surface area (Å²) in [6, 6.07) is 10.3. The van der Waals surface area contributed by atoms with E-state index in [1.165, 1.54) is 13.2 Å². The minimum atomic E-state index is -1.82. The molecule has 0 radical (unpaired) electrons. The Bertz CT molecular complexity index is 655. The number of aromatic hydroxyl groups is 1. The quantitative estimate of drug-likeness (QED) is 0.833. The number of phenols is 1. The van der Waals surface area contributed by atoms with Crippen molar-refractivity contribution >= 4 is 17.0 Å². The highest BCUT2D eigenvalue weighted by Gasteiger charge is 2.10. The summed E-state index contributed by atoms with van der Waals surface area (Å²) in [6.45, 7) is 3.76. The van der Waals surface area contributed by atoms with Gasteiger partial charge >= 0.3 is 11.3 Å². The maximum absolute atomic E-state index is 11.9. The Morgan fingerprint density at radius 1 is 1.14 bits per heavy atom. The van der Waals surface area contributed by atoms with E-state index in [1.807, 2.05) is 26.0 Å². The molecule has 0 aromatic heterocycles. The maximum atomic E-state index is 11.9. The van der Waals surface area contributed by atoms with E-state index in [0.29, 0.717) is 11.5 Å². The third-order valence-electron chi connectivity index (χ3n) is 2.90. The molecule has 0 bridgehead atoms. The highest BCUT2D eigenvalue weighted by molar-refractivity contribution is 7.82. The van der Waals surface area contributed by atoms with Gasteiger partial charge in [-0.15, -0.1) is 0 Å². The molecule has 0 aliphatic rings. The second-order valence-electron chi connectivity index (χ2n) is 4.57. The van der Waals surface area contributed by atoms with Gasteiger partial charge in [-0.2, -0.15) is 4.21 Å². The molecular formula is C15H17NO4S. The normalized spacial score (nSPS) is 11.8. The topological polar surface area (TPSA) is 67.8 Å². The first-order valence-electron chi connectivity index (χ1n) is 6.30. The van der Waals surface area contributed by atoms with E-state index >= 15 is 0 Å². The van der Waals surface area contributed by atoms with E-state index in [1.54, 1.807) is 18.2 Å². The van der Waals surface area contributed by atoms with Crippen LogP contribution in [0, 0.1) is 13.8 Å². The van der Waals surface area contributed by atoms with E-state index in [-0.39, 0.29) is 11.4 Å². The number of nitrogens with one attached hydrogen (secondary N) is 1. The number of benzene rings is 2. The molecule has 112 valence electrons. The number of rotatable bonds is 5. The summed E-state index contributed by atoms with van der Waals surface area (Å²) in [4.78, 5) is 0.